The normalized spacial score (nSPS) is 10.7. The third-order valence-electron chi connectivity index (χ3n) is 1.77. The van der Waals surface area contributed by atoms with Crippen molar-refractivity contribution in [2.45, 2.75) is 19.9 Å². The molecule has 0 aromatic carbocycles. The number of aromatic nitrogens is 5. The van der Waals surface area contributed by atoms with Crippen molar-refractivity contribution in [2.24, 2.45) is 0 Å². The molecule has 0 aliphatic rings. The van der Waals surface area contributed by atoms with Crippen molar-refractivity contribution in [3.8, 4) is 5.13 Å². The molecular weight excluding hydrogens is 212 g/mol. The summed E-state index contributed by atoms with van der Waals surface area (Å²) in [5, 5.41) is 17.1. The molecular formula is C8H12N6S. The standard InChI is InChI=1S/C8H12N6S/c1-2-3-9-4-7-12-13-8(15-7)14-6-10-5-11-14/h5-6,9H,2-4H2,1H3. The van der Waals surface area contributed by atoms with Crippen LogP contribution >= 0.6 is 11.3 Å². The largest absolute Gasteiger partial charge is 0.310 e. The van der Waals surface area contributed by atoms with Gasteiger partial charge in [0, 0.05) is 6.54 Å². The van der Waals surface area contributed by atoms with Gasteiger partial charge in [0.2, 0.25) is 5.13 Å². The summed E-state index contributed by atoms with van der Waals surface area (Å²) in [6, 6.07) is 0. The molecule has 2 rings (SSSR count). The molecule has 0 saturated heterocycles. The predicted octanol–water partition coefficient (Wildman–Crippen LogP) is 0.618. The summed E-state index contributed by atoms with van der Waals surface area (Å²) in [6.07, 6.45) is 4.22. The van der Waals surface area contributed by atoms with Crippen molar-refractivity contribution in [1.29, 1.82) is 0 Å². The Labute approximate surface area is 91.4 Å². The zero-order chi connectivity index (χ0) is 10.5. The monoisotopic (exact) mass is 224 g/mol. The highest BCUT2D eigenvalue weighted by Crippen LogP contribution is 2.12. The van der Waals surface area contributed by atoms with Gasteiger partial charge >= 0.3 is 0 Å². The predicted molar refractivity (Wildman–Crippen MR) is 56.8 cm³/mol. The Hall–Kier alpha value is -1.34. The second kappa shape index (κ2) is 4.94. The van der Waals surface area contributed by atoms with Crippen LogP contribution in [0.3, 0.4) is 0 Å². The van der Waals surface area contributed by atoms with E-state index < -0.39 is 0 Å². The minimum absolute atomic E-state index is 0.751. The van der Waals surface area contributed by atoms with Gasteiger partial charge in [-0.15, -0.1) is 10.2 Å². The Morgan fingerprint density at radius 3 is 3.13 bits per heavy atom. The van der Waals surface area contributed by atoms with Crippen LogP contribution in [0.5, 0.6) is 0 Å². The fourth-order valence-electron chi connectivity index (χ4n) is 1.09. The van der Waals surface area contributed by atoms with Gasteiger partial charge in [0.05, 0.1) is 0 Å². The van der Waals surface area contributed by atoms with E-state index in [9.17, 15) is 0 Å². The van der Waals surface area contributed by atoms with Crippen LogP contribution in [0, 0.1) is 0 Å². The first-order valence-electron chi connectivity index (χ1n) is 4.78. The maximum atomic E-state index is 4.06. The number of hydrogen-bond donors (Lipinski definition) is 1. The summed E-state index contributed by atoms with van der Waals surface area (Å²) >= 11 is 1.52. The number of nitrogens with zero attached hydrogens (tertiary/aromatic N) is 5. The topological polar surface area (TPSA) is 68.5 Å². The van der Waals surface area contributed by atoms with Crippen LogP contribution in [0.4, 0.5) is 0 Å². The molecule has 7 heteroatoms. The molecule has 0 unspecified atom stereocenters. The second-order valence-electron chi connectivity index (χ2n) is 3.00. The average Bonchev–Trinajstić information content (AvgIpc) is 2.87. The van der Waals surface area contributed by atoms with E-state index in [-0.39, 0.29) is 0 Å². The summed E-state index contributed by atoms with van der Waals surface area (Å²) in [7, 11) is 0. The lowest BCUT2D eigenvalue weighted by Crippen LogP contribution is -2.13. The highest BCUT2D eigenvalue weighted by atomic mass is 32.1. The maximum absolute atomic E-state index is 4.06. The fraction of sp³-hybridized carbons (Fsp3) is 0.500. The van der Waals surface area contributed by atoms with Gasteiger partial charge in [0.15, 0.2) is 0 Å². The van der Waals surface area contributed by atoms with Gasteiger partial charge < -0.3 is 5.32 Å². The smallest absolute Gasteiger partial charge is 0.234 e. The van der Waals surface area contributed by atoms with Gasteiger partial charge in [-0.05, 0) is 13.0 Å². The first kappa shape index (κ1) is 10.2. The first-order chi connectivity index (χ1) is 7.40. The Bertz CT molecular complexity index is 395. The van der Waals surface area contributed by atoms with E-state index >= 15 is 0 Å². The number of rotatable bonds is 5. The van der Waals surface area contributed by atoms with E-state index in [1.54, 1.807) is 11.0 Å². The third-order valence-corrected chi connectivity index (χ3v) is 2.69. The number of hydrogen-bond acceptors (Lipinski definition) is 6. The highest BCUT2D eigenvalue weighted by Gasteiger charge is 2.05. The molecule has 0 aliphatic heterocycles. The molecule has 0 bridgehead atoms. The summed E-state index contributed by atoms with van der Waals surface area (Å²) < 4.78 is 1.61. The molecule has 0 radical (unpaired) electrons. The summed E-state index contributed by atoms with van der Waals surface area (Å²) in [5.74, 6) is 0. The lowest BCUT2D eigenvalue weighted by atomic mass is 10.5. The molecule has 0 aliphatic carbocycles. The van der Waals surface area contributed by atoms with Crippen molar-refractivity contribution in [1.82, 2.24) is 30.3 Å². The van der Waals surface area contributed by atoms with Crippen molar-refractivity contribution >= 4 is 11.3 Å². The fourth-order valence-corrected chi connectivity index (χ4v) is 1.82. The van der Waals surface area contributed by atoms with Crippen LogP contribution in [-0.4, -0.2) is 31.5 Å². The molecule has 2 aromatic heterocycles. The van der Waals surface area contributed by atoms with Gasteiger partial charge in [-0.3, -0.25) is 0 Å². The van der Waals surface area contributed by atoms with Crippen molar-refractivity contribution in [3.63, 3.8) is 0 Å². The minimum atomic E-state index is 0.751. The van der Waals surface area contributed by atoms with E-state index in [0.717, 1.165) is 29.6 Å². The second-order valence-corrected chi connectivity index (χ2v) is 4.04. The molecule has 0 saturated carbocycles. The molecule has 0 fully saturated rings. The zero-order valence-corrected chi connectivity index (χ0v) is 9.24. The van der Waals surface area contributed by atoms with Crippen LogP contribution < -0.4 is 5.32 Å². The average molecular weight is 224 g/mol. The van der Waals surface area contributed by atoms with Crippen molar-refractivity contribution < 1.29 is 0 Å². The Morgan fingerprint density at radius 1 is 1.47 bits per heavy atom. The lowest BCUT2D eigenvalue weighted by Gasteiger charge is -1.96. The van der Waals surface area contributed by atoms with E-state index in [1.807, 2.05) is 0 Å². The summed E-state index contributed by atoms with van der Waals surface area (Å²) in [4.78, 5) is 3.86. The molecule has 0 spiro atoms. The highest BCUT2D eigenvalue weighted by molar-refractivity contribution is 7.13. The van der Waals surface area contributed by atoms with E-state index in [4.69, 9.17) is 0 Å². The third kappa shape index (κ3) is 2.57. The van der Waals surface area contributed by atoms with Crippen LogP contribution in [0.25, 0.3) is 5.13 Å². The van der Waals surface area contributed by atoms with Crippen LogP contribution in [0.2, 0.25) is 0 Å². The molecule has 80 valence electrons. The molecule has 6 nitrogen and oxygen atoms in total. The molecule has 2 heterocycles. The van der Waals surface area contributed by atoms with Crippen molar-refractivity contribution in [2.75, 3.05) is 6.54 Å². The van der Waals surface area contributed by atoms with Gasteiger partial charge in [0.1, 0.15) is 17.7 Å². The molecule has 2 aromatic rings. The quantitative estimate of drug-likeness (QED) is 0.754. The molecule has 0 atom stereocenters. The Morgan fingerprint density at radius 2 is 2.40 bits per heavy atom. The van der Waals surface area contributed by atoms with E-state index in [1.165, 1.54) is 17.7 Å². The first-order valence-corrected chi connectivity index (χ1v) is 5.60. The Kier molecular flexibility index (Phi) is 3.36. The maximum Gasteiger partial charge on any atom is 0.234 e. The lowest BCUT2D eigenvalue weighted by molar-refractivity contribution is 0.667. The van der Waals surface area contributed by atoms with Crippen LogP contribution in [0.1, 0.15) is 18.4 Å². The molecule has 0 amide bonds. The number of nitrogens with one attached hydrogen (secondary N) is 1. The SMILES string of the molecule is CCCNCc1nnc(-n2cncn2)s1. The van der Waals surface area contributed by atoms with Crippen LogP contribution in [-0.2, 0) is 6.54 Å². The van der Waals surface area contributed by atoms with Gasteiger partial charge in [0.25, 0.3) is 0 Å². The summed E-state index contributed by atoms with van der Waals surface area (Å²) in [5.41, 5.74) is 0. The molecule has 1 N–H and O–H groups in total. The Balaban J connectivity index is 1.98. The molecule has 15 heavy (non-hydrogen) atoms. The van der Waals surface area contributed by atoms with Gasteiger partial charge in [-0.2, -0.15) is 9.78 Å². The minimum Gasteiger partial charge on any atom is -0.310 e. The van der Waals surface area contributed by atoms with E-state index in [0.29, 0.717) is 0 Å². The van der Waals surface area contributed by atoms with E-state index in [2.05, 4.69) is 32.5 Å². The van der Waals surface area contributed by atoms with Gasteiger partial charge in [-0.25, -0.2) is 4.98 Å². The van der Waals surface area contributed by atoms with Crippen LogP contribution in [0.15, 0.2) is 12.7 Å². The van der Waals surface area contributed by atoms with Crippen molar-refractivity contribution in [3.05, 3.63) is 17.7 Å². The summed E-state index contributed by atoms with van der Waals surface area (Å²) in [6.45, 7) is 3.90. The zero-order valence-electron chi connectivity index (χ0n) is 8.42. The van der Waals surface area contributed by atoms with Gasteiger partial charge in [-0.1, -0.05) is 18.3 Å².